The smallest absolute Gasteiger partial charge is 0.0655 e. The normalized spacial score (nSPS) is 12.4. The Balaban J connectivity index is 2.34. The average Bonchev–Trinajstić information content (AvgIpc) is 2.41. The molecule has 0 aliphatic carbocycles. The van der Waals surface area contributed by atoms with E-state index in [1.165, 1.54) is 20.3 Å². The minimum Gasteiger partial charge on any atom is -0.0786 e. The first-order valence-corrected chi connectivity index (χ1v) is 8.58. The number of rotatable bonds is 3. The monoisotopic (exact) mass is 478 g/mol. The fourth-order valence-electron chi connectivity index (χ4n) is 1.81. The predicted octanol–water partition coefficient (Wildman–Crippen LogP) is 6.10. The van der Waals surface area contributed by atoms with Crippen LogP contribution in [0.3, 0.4) is 0 Å². The third-order valence-electron chi connectivity index (χ3n) is 2.91. The molecule has 1 atom stereocenters. The maximum atomic E-state index is 3.79. The highest BCUT2D eigenvalue weighted by Gasteiger charge is 2.13. The Morgan fingerprint density at radius 3 is 2.39 bits per heavy atom. The third-order valence-corrected chi connectivity index (χ3v) is 5.33. The quantitative estimate of drug-likeness (QED) is 0.368. The molecule has 0 aromatic heterocycles. The molecule has 0 bridgehead atoms. The Labute approximate surface area is 139 Å². The summed E-state index contributed by atoms with van der Waals surface area (Å²) in [7, 11) is 0. The van der Waals surface area contributed by atoms with Gasteiger partial charge in [-0.2, -0.15) is 0 Å². The van der Waals surface area contributed by atoms with Crippen molar-refractivity contribution in [3.05, 3.63) is 67.2 Å². The molecule has 3 heteroatoms. The van der Waals surface area contributed by atoms with Gasteiger partial charge in [0.15, 0.2) is 0 Å². The summed E-state index contributed by atoms with van der Waals surface area (Å²) in [5.74, 6) is 0. The molecule has 0 radical (unpaired) electrons. The molecule has 0 spiro atoms. The molecular weight excluding hydrogens is 467 g/mol. The Morgan fingerprint density at radius 2 is 1.78 bits per heavy atom. The number of aryl methyl sites for hydroxylation is 1. The minimum atomic E-state index is 0.229. The van der Waals surface area contributed by atoms with Crippen LogP contribution < -0.4 is 0 Å². The zero-order chi connectivity index (χ0) is 13.1. The van der Waals surface area contributed by atoms with Crippen molar-refractivity contribution in [3.63, 3.8) is 0 Å². The molecule has 0 fully saturated rings. The predicted molar refractivity (Wildman–Crippen MR) is 93.4 cm³/mol. The molecule has 2 aromatic carbocycles. The summed E-state index contributed by atoms with van der Waals surface area (Å²) in [6.45, 7) is 2.18. The van der Waals surface area contributed by atoms with Crippen LogP contribution in [0.1, 0.15) is 28.4 Å². The van der Waals surface area contributed by atoms with Crippen molar-refractivity contribution < 1.29 is 0 Å². The van der Waals surface area contributed by atoms with E-state index >= 15 is 0 Å². The zero-order valence-electron chi connectivity index (χ0n) is 9.96. The van der Waals surface area contributed by atoms with E-state index in [4.69, 9.17) is 0 Å². The molecule has 0 aliphatic rings. The molecule has 0 saturated heterocycles. The lowest BCUT2D eigenvalue weighted by molar-refractivity contribution is 1.11. The summed E-state index contributed by atoms with van der Waals surface area (Å²) in [5, 5.41) is 0. The highest BCUT2D eigenvalue weighted by Crippen LogP contribution is 2.36. The van der Waals surface area contributed by atoms with Crippen LogP contribution >= 0.6 is 54.5 Å². The SMILES string of the molecule is CCc1ccc(C(Br)c2cc(I)ccc2Br)cc1. The van der Waals surface area contributed by atoms with Gasteiger partial charge < -0.3 is 0 Å². The van der Waals surface area contributed by atoms with E-state index in [0.29, 0.717) is 0 Å². The van der Waals surface area contributed by atoms with Crippen LogP contribution in [0.2, 0.25) is 0 Å². The van der Waals surface area contributed by atoms with E-state index in [9.17, 15) is 0 Å². The van der Waals surface area contributed by atoms with E-state index in [2.05, 4.69) is 104 Å². The average molecular weight is 480 g/mol. The molecule has 18 heavy (non-hydrogen) atoms. The van der Waals surface area contributed by atoms with Crippen LogP contribution in [0.25, 0.3) is 0 Å². The molecule has 2 aromatic rings. The maximum absolute atomic E-state index is 3.79. The van der Waals surface area contributed by atoms with Gasteiger partial charge in [0.25, 0.3) is 0 Å². The third kappa shape index (κ3) is 3.36. The van der Waals surface area contributed by atoms with Gasteiger partial charge in [0.1, 0.15) is 0 Å². The second-order valence-corrected chi connectivity index (χ2v) is 7.14. The van der Waals surface area contributed by atoms with Gasteiger partial charge in [0, 0.05) is 8.04 Å². The summed E-state index contributed by atoms with van der Waals surface area (Å²) in [6.07, 6.45) is 1.08. The van der Waals surface area contributed by atoms with Gasteiger partial charge in [-0.25, -0.2) is 0 Å². The topological polar surface area (TPSA) is 0 Å². The fourth-order valence-corrected chi connectivity index (χ4v) is 3.79. The van der Waals surface area contributed by atoms with E-state index in [1.54, 1.807) is 0 Å². The highest BCUT2D eigenvalue weighted by atomic mass is 127. The molecule has 0 amide bonds. The lowest BCUT2D eigenvalue weighted by Gasteiger charge is -2.13. The van der Waals surface area contributed by atoms with Crippen molar-refractivity contribution in [1.29, 1.82) is 0 Å². The molecule has 0 N–H and O–H groups in total. The van der Waals surface area contributed by atoms with E-state index in [1.807, 2.05) is 0 Å². The summed E-state index contributed by atoms with van der Waals surface area (Å²) in [4.78, 5) is 0.229. The summed E-state index contributed by atoms with van der Waals surface area (Å²) >= 11 is 9.76. The summed E-state index contributed by atoms with van der Waals surface area (Å²) < 4.78 is 2.39. The molecule has 2 rings (SSSR count). The van der Waals surface area contributed by atoms with E-state index in [-0.39, 0.29) is 4.83 Å². The first-order chi connectivity index (χ1) is 8.61. The van der Waals surface area contributed by atoms with Gasteiger partial charge in [-0.15, -0.1) is 0 Å². The van der Waals surface area contributed by atoms with Crippen molar-refractivity contribution in [1.82, 2.24) is 0 Å². The lowest BCUT2D eigenvalue weighted by Crippen LogP contribution is -1.95. The van der Waals surface area contributed by atoms with Crippen molar-refractivity contribution >= 4 is 54.5 Å². The maximum Gasteiger partial charge on any atom is 0.0655 e. The van der Waals surface area contributed by atoms with Crippen LogP contribution in [-0.2, 0) is 6.42 Å². The van der Waals surface area contributed by atoms with Crippen molar-refractivity contribution in [3.8, 4) is 0 Å². The van der Waals surface area contributed by atoms with Crippen LogP contribution in [0.15, 0.2) is 46.9 Å². The number of halogens is 3. The van der Waals surface area contributed by atoms with E-state index in [0.717, 1.165) is 10.9 Å². The number of hydrogen-bond acceptors (Lipinski definition) is 0. The van der Waals surface area contributed by atoms with Crippen molar-refractivity contribution in [2.45, 2.75) is 18.2 Å². The van der Waals surface area contributed by atoms with Crippen LogP contribution in [-0.4, -0.2) is 0 Å². The van der Waals surface area contributed by atoms with Gasteiger partial charge >= 0.3 is 0 Å². The largest absolute Gasteiger partial charge is 0.0786 e. The second-order valence-electron chi connectivity index (χ2n) is 4.12. The molecule has 1 unspecified atom stereocenters. The summed E-state index contributed by atoms with van der Waals surface area (Å²) in [5.41, 5.74) is 3.93. The van der Waals surface area contributed by atoms with Crippen LogP contribution in [0.4, 0.5) is 0 Å². The number of hydrogen-bond donors (Lipinski definition) is 0. The van der Waals surface area contributed by atoms with Gasteiger partial charge in [0.2, 0.25) is 0 Å². The van der Waals surface area contributed by atoms with Crippen LogP contribution in [0.5, 0.6) is 0 Å². The Bertz CT molecular complexity index is 535. The zero-order valence-corrected chi connectivity index (χ0v) is 15.3. The molecule has 0 nitrogen and oxygen atoms in total. The minimum absolute atomic E-state index is 0.229. The molecule has 94 valence electrons. The van der Waals surface area contributed by atoms with E-state index < -0.39 is 0 Å². The second kappa shape index (κ2) is 6.53. The summed E-state index contributed by atoms with van der Waals surface area (Å²) in [6, 6.07) is 15.2. The molecule has 0 aliphatic heterocycles. The fraction of sp³-hybridized carbons (Fsp3) is 0.200. The first-order valence-electron chi connectivity index (χ1n) is 5.79. The Morgan fingerprint density at radius 1 is 1.11 bits per heavy atom. The van der Waals surface area contributed by atoms with Crippen molar-refractivity contribution in [2.75, 3.05) is 0 Å². The first kappa shape index (κ1) is 14.5. The van der Waals surface area contributed by atoms with Gasteiger partial charge in [-0.3, -0.25) is 0 Å². The highest BCUT2D eigenvalue weighted by molar-refractivity contribution is 14.1. The Hall–Kier alpha value is 0.130. The van der Waals surface area contributed by atoms with Crippen LogP contribution in [0, 0.1) is 3.57 Å². The van der Waals surface area contributed by atoms with Crippen molar-refractivity contribution in [2.24, 2.45) is 0 Å². The number of alkyl halides is 1. The molecule has 0 heterocycles. The molecule has 0 saturated carbocycles. The van der Waals surface area contributed by atoms with Gasteiger partial charge in [-0.1, -0.05) is 63.0 Å². The standard InChI is InChI=1S/C15H13Br2I/c1-2-10-3-5-11(6-4-10)15(17)13-9-12(18)7-8-14(13)16/h3-9,15H,2H2,1H3. The molecular formula is C15H13Br2I. The van der Waals surface area contributed by atoms with Gasteiger partial charge in [0.05, 0.1) is 4.83 Å². The lowest BCUT2D eigenvalue weighted by atomic mass is 10.0. The van der Waals surface area contributed by atoms with Gasteiger partial charge in [-0.05, 0) is 63.9 Å². The Kier molecular flexibility index (Phi) is 5.27. The number of benzene rings is 2.